The van der Waals surface area contributed by atoms with Crippen LogP contribution >= 0.6 is 24.4 Å². The summed E-state index contributed by atoms with van der Waals surface area (Å²) in [5, 5.41) is 2.14. The molecule has 0 unspecified atom stereocenters. The average Bonchev–Trinajstić information content (AvgIpc) is 2.51. The van der Waals surface area contributed by atoms with Gasteiger partial charge in [0.25, 0.3) is 0 Å². The summed E-state index contributed by atoms with van der Waals surface area (Å²) in [5.74, 6) is 0. The van der Waals surface area contributed by atoms with Crippen LogP contribution in [0.4, 0.5) is 0 Å². The van der Waals surface area contributed by atoms with Crippen molar-refractivity contribution in [2.45, 2.75) is 13.1 Å². The Morgan fingerprint density at radius 1 is 0.650 bits per heavy atom. The third-order valence-electron chi connectivity index (χ3n) is 3.91. The summed E-state index contributed by atoms with van der Waals surface area (Å²) in [5.41, 5.74) is 2.65. The Morgan fingerprint density at radius 2 is 1.05 bits per heavy atom. The quantitative estimate of drug-likeness (QED) is 0.447. The largest absolute Gasteiger partial charge is 0.268 e. The van der Waals surface area contributed by atoms with E-state index in [0.29, 0.717) is 0 Å². The number of rotatable bonds is 0. The van der Waals surface area contributed by atoms with Crippen LogP contribution in [0, 0.1) is 9.28 Å². The standard InChI is InChI=1S/C16H12N2S2/c19-15-13-7-3-4-8-14(13)16(20)18-10-12-6-2-1-5-11(12)9-17(15)18/h1-8H,9-10H2. The van der Waals surface area contributed by atoms with Gasteiger partial charge in [0.2, 0.25) is 0 Å². The van der Waals surface area contributed by atoms with Gasteiger partial charge in [0.15, 0.2) is 0 Å². The highest BCUT2D eigenvalue weighted by Gasteiger charge is 2.16. The lowest BCUT2D eigenvalue weighted by atomic mass is 10.1. The molecule has 0 radical (unpaired) electrons. The molecule has 0 saturated heterocycles. The molecule has 2 heterocycles. The Morgan fingerprint density at radius 3 is 1.50 bits per heavy atom. The van der Waals surface area contributed by atoms with Crippen molar-refractivity contribution in [1.82, 2.24) is 9.36 Å². The fraction of sp³-hybridized carbons (Fsp3) is 0.125. The van der Waals surface area contributed by atoms with E-state index in [-0.39, 0.29) is 0 Å². The van der Waals surface area contributed by atoms with Gasteiger partial charge in [-0.15, -0.1) is 0 Å². The summed E-state index contributed by atoms with van der Waals surface area (Å²) in [6, 6.07) is 16.6. The first-order valence-corrected chi connectivity index (χ1v) is 7.37. The van der Waals surface area contributed by atoms with Gasteiger partial charge in [-0.1, -0.05) is 73.0 Å². The number of nitrogens with zero attached hydrogens (tertiary/aromatic N) is 2. The maximum absolute atomic E-state index is 5.67. The average molecular weight is 296 g/mol. The van der Waals surface area contributed by atoms with E-state index in [4.69, 9.17) is 24.4 Å². The molecule has 0 saturated carbocycles. The highest BCUT2D eigenvalue weighted by atomic mass is 32.1. The molecule has 0 amide bonds. The van der Waals surface area contributed by atoms with Gasteiger partial charge in [-0.25, -0.2) is 0 Å². The summed E-state index contributed by atoms with van der Waals surface area (Å²) in [6.45, 7) is 1.59. The zero-order chi connectivity index (χ0) is 13.7. The lowest BCUT2D eigenvalue weighted by molar-refractivity contribution is 0.461. The first kappa shape index (κ1) is 12.0. The molecule has 0 N–H and O–H groups in total. The molecular weight excluding hydrogens is 284 g/mol. The predicted molar refractivity (Wildman–Crippen MR) is 86.2 cm³/mol. The van der Waals surface area contributed by atoms with Crippen LogP contribution in [0.5, 0.6) is 0 Å². The summed E-state index contributed by atoms with van der Waals surface area (Å²) in [6.07, 6.45) is 0. The number of benzene rings is 2. The molecule has 0 spiro atoms. The zero-order valence-corrected chi connectivity index (χ0v) is 12.4. The van der Waals surface area contributed by atoms with Crippen LogP contribution in [0.15, 0.2) is 48.5 Å². The Balaban J connectivity index is 2.10. The second-order valence-corrected chi connectivity index (χ2v) is 5.81. The van der Waals surface area contributed by atoms with Crippen LogP contribution in [0.3, 0.4) is 0 Å². The van der Waals surface area contributed by atoms with Crippen LogP contribution in [0.1, 0.15) is 11.1 Å². The minimum atomic E-state index is 0.795. The number of hydrogen-bond donors (Lipinski definition) is 0. The molecule has 0 bridgehead atoms. The van der Waals surface area contributed by atoms with E-state index in [1.807, 2.05) is 12.1 Å². The van der Waals surface area contributed by atoms with Crippen LogP contribution in [-0.4, -0.2) is 9.36 Å². The normalized spacial score (nSPS) is 13.0. The number of fused-ring (bicyclic) bond motifs is 3. The molecule has 1 aromatic heterocycles. The molecular formula is C16H12N2S2. The van der Waals surface area contributed by atoms with Crippen LogP contribution in [0.2, 0.25) is 0 Å². The lowest BCUT2D eigenvalue weighted by Gasteiger charge is -2.26. The van der Waals surface area contributed by atoms with E-state index in [1.54, 1.807) is 0 Å². The van der Waals surface area contributed by atoms with Crippen molar-refractivity contribution in [2.75, 3.05) is 0 Å². The van der Waals surface area contributed by atoms with E-state index in [2.05, 4.69) is 45.8 Å². The van der Waals surface area contributed by atoms with Crippen molar-refractivity contribution in [1.29, 1.82) is 0 Å². The monoisotopic (exact) mass is 296 g/mol. The van der Waals surface area contributed by atoms with Crippen LogP contribution in [-0.2, 0) is 13.1 Å². The molecule has 20 heavy (non-hydrogen) atoms. The van der Waals surface area contributed by atoms with Gasteiger partial charge in [0.1, 0.15) is 9.28 Å². The molecule has 2 nitrogen and oxygen atoms in total. The highest BCUT2D eigenvalue weighted by Crippen LogP contribution is 2.24. The maximum Gasteiger partial charge on any atom is 0.128 e. The first-order valence-electron chi connectivity index (χ1n) is 6.55. The SMILES string of the molecule is S=c1c2ccccc2c(=S)n2n1Cc1ccccc1C2. The minimum Gasteiger partial charge on any atom is -0.268 e. The topological polar surface area (TPSA) is 9.86 Å². The molecule has 98 valence electrons. The smallest absolute Gasteiger partial charge is 0.128 e. The van der Waals surface area contributed by atoms with E-state index < -0.39 is 0 Å². The Bertz CT molecular complexity index is 873. The van der Waals surface area contributed by atoms with E-state index in [1.165, 1.54) is 11.1 Å². The van der Waals surface area contributed by atoms with Crippen molar-refractivity contribution >= 4 is 35.2 Å². The van der Waals surface area contributed by atoms with Gasteiger partial charge in [-0.05, 0) is 11.1 Å². The number of aromatic nitrogens is 2. The lowest BCUT2D eigenvalue weighted by Crippen LogP contribution is -2.25. The van der Waals surface area contributed by atoms with Crippen molar-refractivity contribution in [3.63, 3.8) is 0 Å². The number of hydrogen-bond acceptors (Lipinski definition) is 2. The summed E-state index contributed by atoms with van der Waals surface area (Å²) >= 11 is 11.3. The molecule has 0 aliphatic carbocycles. The van der Waals surface area contributed by atoms with Gasteiger partial charge >= 0.3 is 0 Å². The molecule has 4 rings (SSSR count). The molecule has 4 heteroatoms. The van der Waals surface area contributed by atoms with Crippen molar-refractivity contribution < 1.29 is 0 Å². The summed E-state index contributed by atoms with van der Waals surface area (Å²) in [7, 11) is 0. The predicted octanol–water partition coefficient (Wildman–Crippen LogP) is 4.31. The van der Waals surface area contributed by atoms with Crippen molar-refractivity contribution in [2.24, 2.45) is 0 Å². The minimum absolute atomic E-state index is 0.795. The van der Waals surface area contributed by atoms with Gasteiger partial charge in [-0.3, -0.25) is 9.36 Å². The fourth-order valence-corrected chi connectivity index (χ4v) is 3.54. The third-order valence-corrected chi connectivity index (χ3v) is 4.77. The second-order valence-electron chi connectivity index (χ2n) is 5.04. The van der Waals surface area contributed by atoms with Crippen LogP contribution in [0.25, 0.3) is 10.8 Å². The van der Waals surface area contributed by atoms with Gasteiger partial charge in [0, 0.05) is 10.8 Å². The van der Waals surface area contributed by atoms with Gasteiger partial charge in [-0.2, -0.15) is 0 Å². The maximum atomic E-state index is 5.67. The molecule has 3 aromatic rings. The second kappa shape index (κ2) is 4.36. The van der Waals surface area contributed by atoms with E-state index in [9.17, 15) is 0 Å². The Hall–Kier alpha value is -1.78. The fourth-order valence-electron chi connectivity index (χ4n) is 2.86. The molecule has 0 fully saturated rings. The molecule has 1 aliphatic rings. The van der Waals surface area contributed by atoms with Crippen molar-refractivity contribution in [3.8, 4) is 0 Å². The third kappa shape index (κ3) is 1.62. The van der Waals surface area contributed by atoms with E-state index >= 15 is 0 Å². The van der Waals surface area contributed by atoms with Crippen molar-refractivity contribution in [3.05, 3.63) is 68.9 Å². The molecule has 0 atom stereocenters. The molecule has 1 aliphatic heterocycles. The zero-order valence-electron chi connectivity index (χ0n) is 10.7. The Labute approximate surface area is 126 Å². The van der Waals surface area contributed by atoms with Gasteiger partial charge < -0.3 is 0 Å². The summed E-state index contributed by atoms with van der Waals surface area (Å²) in [4.78, 5) is 0. The van der Waals surface area contributed by atoms with E-state index in [0.717, 1.165) is 33.1 Å². The first-order chi connectivity index (χ1) is 9.75. The summed E-state index contributed by atoms with van der Waals surface area (Å²) < 4.78 is 5.98. The highest BCUT2D eigenvalue weighted by molar-refractivity contribution is 7.72. The molecule has 2 aromatic carbocycles. The van der Waals surface area contributed by atoms with Gasteiger partial charge in [0.05, 0.1) is 13.1 Å². The Kier molecular flexibility index (Phi) is 2.62. The van der Waals surface area contributed by atoms with Crippen LogP contribution < -0.4 is 0 Å².